The van der Waals surface area contributed by atoms with E-state index in [1.54, 1.807) is 11.3 Å². The standard InChI is InChI=1S/C17H22BrN3OS.ClH/c1-12-4-5-13(16(18)7-12)9-21(10-14-3-2-6-22-14)11-15-8-20-17(19)23-15;/h4-5,7-8,14H,2-3,6,9-11H2,1H3,(H2,19,20);1H. The first kappa shape index (κ1) is 19.7. The number of nitrogens with zero attached hydrogens (tertiary/aromatic N) is 2. The molecule has 1 unspecified atom stereocenters. The van der Waals surface area contributed by atoms with Crippen molar-refractivity contribution in [1.29, 1.82) is 0 Å². The van der Waals surface area contributed by atoms with E-state index in [0.29, 0.717) is 11.2 Å². The van der Waals surface area contributed by atoms with Gasteiger partial charge >= 0.3 is 0 Å². The van der Waals surface area contributed by atoms with E-state index >= 15 is 0 Å². The van der Waals surface area contributed by atoms with Crippen molar-refractivity contribution in [3.05, 3.63) is 44.9 Å². The number of nitrogen functional groups attached to an aromatic ring is 1. The van der Waals surface area contributed by atoms with E-state index in [4.69, 9.17) is 10.5 Å². The van der Waals surface area contributed by atoms with Gasteiger partial charge in [0, 0.05) is 41.8 Å². The molecule has 0 aliphatic carbocycles. The largest absolute Gasteiger partial charge is 0.377 e. The van der Waals surface area contributed by atoms with Gasteiger partial charge in [-0.25, -0.2) is 4.98 Å². The maximum absolute atomic E-state index is 5.82. The SMILES string of the molecule is Cc1ccc(CN(Cc2cnc(N)s2)CC2CCCO2)c(Br)c1.Cl. The lowest BCUT2D eigenvalue weighted by molar-refractivity contribution is 0.0681. The van der Waals surface area contributed by atoms with Crippen LogP contribution in [0.25, 0.3) is 0 Å². The molecule has 0 bridgehead atoms. The lowest BCUT2D eigenvalue weighted by Gasteiger charge is -2.25. The van der Waals surface area contributed by atoms with E-state index in [9.17, 15) is 0 Å². The molecule has 24 heavy (non-hydrogen) atoms. The van der Waals surface area contributed by atoms with Gasteiger partial charge in [-0.3, -0.25) is 4.90 Å². The van der Waals surface area contributed by atoms with E-state index in [1.165, 1.54) is 26.9 Å². The number of hydrogen-bond acceptors (Lipinski definition) is 5. The van der Waals surface area contributed by atoms with Crippen LogP contribution >= 0.6 is 39.7 Å². The topological polar surface area (TPSA) is 51.4 Å². The smallest absolute Gasteiger partial charge is 0.180 e. The van der Waals surface area contributed by atoms with E-state index in [1.807, 2.05) is 6.20 Å². The molecule has 1 aromatic carbocycles. The van der Waals surface area contributed by atoms with Crippen molar-refractivity contribution in [2.75, 3.05) is 18.9 Å². The molecule has 2 N–H and O–H groups in total. The molecular formula is C17H23BrClN3OS. The number of nitrogens with two attached hydrogens (primary N) is 1. The van der Waals surface area contributed by atoms with Crippen LogP contribution in [0.2, 0.25) is 0 Å². The summed E-state index contributed by atoms with van der Waals surface area (Å²) in [4.78, 5) is 7.79. The number of ether oxygens (including phenoxy) is 1. The second-order valence-electron chi connectivity index (χ2n) is 6.06. The molecule has 132 valence electrons. The summed E-state index contributed by atoms with van der Waals surface area (Å²) in [5.74, 6) is 0. The molecule has 2 aromatic rings. The highest BCUT2D eigenvalue weighted by atomic mass is 79.9. The third-order valence-corrected chi connectivity index (χ3v) is 5.59. The fraction of sp³-hybridized carbons (Fsp3) is 0.471. The Morgan fingerprint density at radius 2 is 2.25 bits per heavy atom. The highest BCUT2D eigenvalue weighted by Gasteiger charge is 2.20. The molecular weight excluding hydrogens is 410 g/mol. The molecule has 3 rings (SSSR count). The van der Waals surface area contributed by atoms with Crippen molar-refractivity contribution in [2.45, 2.75) is 39.0 Å². The lowest BCUT2D eigenvalue weighted by Crippen LogP contribution is -2.31. The number of rotatable bonds is 6. The molecule has 1 fully saturated rings. The van der Waals surface area contributed by atoms with Crippen LogP contribution in [0, 0.1) is 6.92 Å². The first-order valence-electron chi connectivity index (χ1n) is 7.89. The maximum atomic E-state index is 5.82. The van der Waals surface area contributed by atoms with Crippen LogP contribution in [-0.2, 0) is 17.8 Å². The number of halogens is 2. The van der Waals surface area contributed by atoms with Gasteiger partial charge in [0.15, 0.2) is 5.13 Å². The number of benzene rings is 1. The van der Waals surface area contributed by atoms with Crippen molar-refractivity contribution in [2.24, 2.45) is 0 Å². The molecule has 2 heterocycles. The van der Waals surface area contributed by atoms with Gasteiger partial charge in [0.2, 0.25) is 0 Å². The minimum absolute atomic E-state index is 0. The Kier molecular flexibility index (Phi) is 7.50. The number of hydrogen-bond donors (Lipinski definition) is 1. The Morgan fingerprint density at radius 1 is 1.42 bits per heavy atom. The molecule has 0 saturated carbocycles. The van der Waals surface area contributed by atoms with Gasteiger partial charge in [-0.2, -0.15) is 0 Å². The second kappa shape index (κ2) is 9.15. The van der Waals surface area contributed by atoms with Crippen LogP contribution in [0.15, 0.2) is 28.9 Å². The molecule has 1 aromatic heterocycles. The minimum Gasteiger partial charge on any atom is -0.377 e. The van der Waals surface area contributed by atoms with Crippen molar-refractivity contribution in [1.82, 2.24) is 9.88 Å². The predicted octanol–water partition coefficient (Wildman–Crippen LogP) is 4.40. The molecule has 0 spiro atoms. The van der Waals surface area contributed by atoms with Gasteiger partial charge < -0.3 is 10.5 Å². The Balaban J connectivity index is 0.00000208. The monoisotopic (exact) mass is 431 g/mol. The first-order valence-corrected chi connectivity index (χ1v) is 9.50. The molecule has 1 aliphatic rings. The summed E-state index contributed by atoms with van der Waals surface area (Å²) in [7, 11) is 0. The number of aromatic nitrogens is 1. The molecule has 1 atom stereocenters. The second-order valence-corrected chi connectivity index (χ2v) is 8.07. The maximum Gasteiger partial charge on any atom is 0.180 e. The van der Waals surface area contributed by atoms with Crippen molar-refractivity contribution in [3.8, 4) is 0 Å². The zero-order valence-corrected chi connectivity index (χ0v) is 16.9. The van der Waals surface area contributed by atoms with Crippen LogP contribution in [0.4, 0.5) is 5.13 Å². The van der Waals surface area contributed by atoms with Gasteiger partial charge in [0.05, 0.1) is 6.10 Å². The van der Waals surface area contributed by atoms with E-state index in [0.717, 1.165) is 32.7 Å². The molecule has 7 heteroatoms. The Morgan fingerprint density at radius 3 is 2.88 bits per heavy atom. The number of anilines is 1. The van der Waals surface area contributed by atoms with Crippen LogP contribution in [-0.4, -0.2) is 29.1 Å². The summed E-state index contributed by atoms with van der Waals surface area (Å²) >= 11 is 5.25. The lowest BCUT2D eigenvalue weighted by atomic mass is 10.1. The average Bonchev–Trinajstić information content (AvgIpc) is 3.14. The van der Waals surface area contributed by atoms with E-state index < -0.39 is 0 Å². The van der Waals surface area contributed by atoms with Crippen LogP contribution < -0.4 is 5.73 Å². The van der Waals surface area contributed by atoms with Gasteiger partial charge in [0.25, 0.3) is 0 Å². The number of thiazole rings is 1. The minimum atomic E-state index is 0. The average molecular weight is 433 g/mol. The molecule has 0 amide bonds. The fourth-order valence-corrected chi connectivity index (χ4v) is 4.24. The normalized spacial score (nSPS) is 17.2. The quantitative estimate of drug-likeness (QED) is 0.735. The Bertz CT molecular complexity index is 661. The van der Waals surface area contributed by atoms with Gasteiger partial charge in [-0.05, 0) is 37.0 Å². The van der Waals surface area contributed by atoms with Gasteiger partial charge in [0.1, 0.15) is 0 Å². The molecule has 4 nitrogen and oxygen atoms in total. The zero-order chi connectivity index (χ0) is 16.2. The summed E-state index contributed by atoms with van der Waals surface area (Å²) in [5, 5.41) is 0.633. The van der Waals surface area contributed by atoms with E-state index in [2.05, 4.69) is 50.9 Å². The summed E-state index contributed by atoms with van der Waals surface area (Å²) in [6.45, 7) is 5.69. The highest BCUT2D eigenvalue weighted by molar-refractivity contribution is 9.10. The van der Waals surface area contributed by atoms with Gasteiger partial charge in [-0.1, -0.05) is 28.1 Å². The first-order chi connectivity index (χ1) is 11.1. The van der Waals surface area contributed by atoms with Crippen LogP contribution in [0.1, 0.15) is 28.8 Å². The summed E-state index contributed by atoms with van der Waals surface area (Å²) < 4.78 is 6.99. The molecule has 1 saturated heterocycles. The van der Waals surface area contributed by atoms with E-state index in [-0.39, 0.29) is 12.4 Å². The third-order valence-electron chi connectivity index (χ3n) is 4.04. The fourth-order valence-electron chi connectivity index (χ4n) is 2.90. The Hall–Kier alpha value is -0.660. The van der Waals surface area contributed by atoms with Crippen molar-refractivity contribution < 1.29 is 4.74 Å². The summed E-state index contributed by atoms with van der Waals surface area (Å²) in [6, 6.07) is 6.53. The summed E-state index contributed by atoms with van der Waals surface area (Å²) in [6.07, 6.45) is 4.54. The summed E-state index contributed by atoms with van der Waals surface area (Å²) in [5.41, 5.74) is 8.33. The zero-order valence-electron chi connectivity index (χ0n) is 13.7. The van der Waals surface area contributed by atoms with Gasteiger partial charge in [-0.15, -0.1) is 23.7 Å². The van der Waals surface area contributed by atoms with Crippen LogP contribution in [0.5, 0.6) is 0 Å². The molecule has 0 radical (unpaired) electrons. The van der Waals surface area contributed by atoms with Crippen LogP contribution in [0.3, 0.4) is 0 Å². The molecule has 1 aliphatic heterocycles. The third kappa shape index (κ3) is 5.43. The van der Waals surface area contributed by atoms with Crippen molar-refractivity contribution in [3.63, 3.8) is 0 Å². The van der Waals surface area contributed by atoms with Crippen molar-refractivity contribution >= 4 is 44.8 Å². The predicted molar refractivity (Wildman–Crippen MR) is 106 cm³/mol. The Labute approximate surface area is 161 Å². The number of aryl methyl sites for hydroxylation is 1. The highest BCUT2D eigenvalue weighted by Crippen LogP contribution is 2.24.